The van der Waals surface area contributed by atoms with Crippen molar-refractivity contribution in [3.05, 3.63) is 57.4 Å². The fraction of sp³-hybridized carbons (Fsp3) is 0.263. The smallest absolute Gasteiger partial charge is 0.321 e. The number of pyridine rings is 1. The molecule has 0 spiro atoms. The SMILES string of the molecule is Cn1c(=O)c(N2CCN(C(=O)Nc3ccc(Br)cc3)CC2)nc2cccnc21. The third kappa shape index (κ3) is 3.57. The number of fused-ring (bicyclic) bond motifs is 1. The van der Waals surface area contributed by atoms with E-state index in [1.54, 1.807) is 24.2 Å². The molecular weight excluding hydrogens is 424 g/mol. The van der Waals surface area contributed by atoms with Gasteiger partial charge in [0, 0.05) is 49.6 Å². The lowest BCUT2D eigenvalue weighted by atomic mass is 10.3. The number of rotatable bonds is 2. The summed E-state index contributed by atoms with van der Waals surface area (Å²) in [6.07, 6.45) is 1.64. The van der Waals surface area contributed by atoms with Gasteiger partial charge in [0.1, 0.15) is 5.52 Å². The lowest BCUT2D eigenvalue weighted by Gasteiger charge is -2.35. The number of nitrogens with one attached hydrogen (secondary N) is 1. The Morgan fingerprint density at radius 1 is 1.11 bits per heavy atom. The minimum atomic E-state index is -0.182. The molecule has 3 aromatic rings. The lowest BCUT2D eigenvalue weighted by Crippen LogP contribution is -2.51. The molecule has 0 unspecified atom stereocenters. The van der Waals surface area contributed by atoms with Crippen molar-refractivity contribution in [3.8, 4) is 0 Å². The van der Waals surface area contributed by atoms with Crippen LogP contribution in [-0.2, 0) is 7.05 Å². The van der Waals surface area contributed by atoms with Gasteiger partial charge in [-0.25, -0.2) is 14.8 Å². The standard InChI is InChI=1S/C19H19BrN6O2/c1-24-16-15(3-2-8-21-16)23-17(18(24)27)25-9-11-26(12-10-25)19(28)22-14-6-4-13(20)5-7-14/h2-8H,9-12H2,1H3,(H,22,28). The molecule has 1 aliphatic rings. The van der Waals surface area contributed by atoms with E-state index in [1.165, 1.54) is 4.57 Å². The number of piperazine rings is 1. The summed E-state index contributed by atoms with van der Waals surface area (Å²) in [5.74, 6) is 0.399. The van der Waals surface area contributed by atoms with Crippen molar-refractivity contribution in [1.29, 1.82) is 0 Å². The second-order valence-electron chi connectivity index (χ2n) is 6.56. The molecule has 1 aliphatic heterocycles. The Bertz CT molecular complexity index is 1070. The molecular formula is C19H19BrN6O2. The van der Waals surface area contributed by atoms with E-state index in [2.05, 4.69) is 31.2 Å². The van der Waals surface area contributed by atoms with Crippen LogP contribution in [0.15, 0.2) is 51.9 Å². The summed E-state index contributed by atoms with van der Waals surface area (Å²) in [4.78, 5) is 37.6. The number of benzene rings is 1. The van der Waals surface area contributed by atoms with Crippen LogP contribution in [0.25, 0.3) is 11.2 Å². The van der Waals surface area contributed by atoms with Gasteiger partial charge >= 0.3 is 6.03 Å². The van der Waals surface area contributed by atoms with Crippen LogP contribution < -0.4 is 15.8 Å². The maximum absolute atomic E-state index is 12.7. The second kappa shape index (κ2) is 7.59. The molecule has 0 saturated carbocycles. The minimum Gasteiger partial charge on any atom is -0.348 e. The number of halogens is 1. The van der Waals surface area contributed by atoms with Crippen molar-refractivity contribution in [2.45, 2.75) is 0 Å². The average molecular weight is 443 g/mol. The first-order chi connectivity index (χ1) is 13.5. The summed E-state index contributed by atoms with van der Waals surface area (Å²) in [5, 5.41) is 2.90. The monoisotopic (exact) mass is 442 g/mol. The summed E-state index contributed by atoms with van der Waals surface area (Å²) in [6.45, 7) is 2.11. The first-order valence-electron chi connectivity index (χ1n) is 8.91. The predicted molar refractivity (Wildman–Crippen MR) is 112 cm³/mol. The number of amides is 2. The molecule has 3 heterocycles. The summed E-state index contributed by atoms with van der Waals surface area (Å²) < 4.78 is 2.48. The number of aromatic nitrogens is 3. The number of urea groups is 1. The molecule has 28 heavy (non-hydrogen) atoms. The molecule has 4 rings (SSSR count). The molecule has 1 saturated heterocycles. The van der Waals surface area contributed by atoms with Gasteiger partial charge in [0.05, 0.1) is 0 Å². The Kier molecular flexibility index (Phi) is 4.99. The third-order valence-corrected chi connectivity index (χ3v) is 5.30. The van der Waals surface area contributed by atoms with Crippen LogP contribution in [-0.4, -0.2) is 51.6 Å². The van der Waals surface area contributed by atoms with Crippen LogP contribution in [0.2, 0.25) is 0 Å². The van der Waals surface area contributed by atoms with Crippen LogP contribution in [0.5, 0.6) is 0 Å². The molecule has 0 radical (unpaired) electrons. The highest BCUT2D eigenvalue weighted by molar-refractivity contribution is 9.10. The summed E-state index contributed by atoms with van der Waals surface area (Å²) in [5.41, 5.74) is 1.80. The number of hydrogen-bond donors (Lipinski definition) is 1. The fourth-order valence-electron chi connectivity index (χ4n) is 3.21. The highest BCUT2D eigenvalue weighted by Crippen LogP contribution is 2.16. The Balaban J connectivity index is 1.46. The van der Waals surface area contributed by atoms with Gasteiger partial charge in [0.25, 0.3) is 5.56 Å². The van der Waals surface area contributed by atoms with E-state index >= 15 is 0 Å². The zero-order valence-corrected chi connectivity index (χ0v) is 16.9. The highest BCUT2D eigenvalue weighted by atomic mass is 79.9. The number of carbonyl (C=O) groups is 1. The number of aryl methyl sites for hydroxylation is 1. The first kappa shape index (κ1) is 18.4. The number of carbonyl (C=O) groups excluding carboxylic acids is 1. The fourth-order valence-corrected chi connectivity index (χ4v) is 3.47. The van der Waals surface area contributed by atoms with Crippen molar-refractivity contribution in [2.75, 3.05) is 36.4 Å². The van der Waals surface area contributed by atoms with Crippen molar-refractivity contribution in [3.63, 3.8) is 0 Å². The van der Waals surface area contributed by atoms with E-state index in [1.807, 2.05) is 35.2 Å². The van der Waals surface area contributed by atoms with Crippen LogP contribution in [0.3, 0.4) is 0 Å². The molecule has 0 aliphatic carbocycles. The van der Waals surface area contributed by atoms with Gasteiger partial charge in [-0.1, -0.05) is 15.9 Å². The van der Waals surface area contributed by atoms with Crippen molar-refractivity contribution in [2.24, 2.45) is 7.05 Å². The largest absolute Gasteiger partial charge is 0.348 e. The Morgan fingerprint density at radius 3 is 2.54 bits per heavy atom. The lowest BCUT2D eigenvalue weighted by molar-refractivity contribution is 0.208. The molecule has 1 aromatic carbocycles. The van der Waals surface area contributed by atoms with Gasteiger partial charge in [-0.2, -0.15) is 0 Å². The van der Waals surface area contributed by atoms with E-state index in [4.69, 9.17) is 0 Å². The molecule has 0 atom stereocenters. The number of nitrogens with zero attached hydrogens (tertiary/aromatic N) is 5. The molecule has 1 N–H and O–H groups in total. The summed E-state index contributed by atoms with van der Waals surface area (Å²) in [7, 11) is 1.70. The minimum absolute atomic E-state index is 0.148. The maximum Gasteiger partial charge on any atom is 0.321 e. The molecule has 2 aromatic heterocycles. The zero-order valence-electron chi connectivity index (χ0n) is 15.3. The second-order valence-corrected chi connectivity index (χ2v) is 7.47. The molecule has 2 amide bonds. The average Bonchev–Trinajstić information content (AvgIpc) is 2.72. The number of hydrogen-bond acceptors (Lipinski definition) is 5. The third-order valence-electron chi connectivity index (χ3n) is 4.77. The quantitative estimate of drug-likeness (QED) is 0.658. The van der Waals surface area contributed by atoms with Gasteiger partial charge in [0.2, 0.25) is 0 Å². The van der Waals surface area contributed by atoms with Crippen molar-refractivity contribution in [1.82, 2.24) is 19.4 Å². The molecule has 1 fully saturated rings. The molecule has 9 heteroatoms. The molecule has 8 nitrogen and oxygen atoms in total. The van der Waals surface area contributed by atoms with E-state index in [-0.39, 0.29) is 11.6 Å². The van der Waals surface area contributed by atoms with Gasteiger partial charge in [0.15, 0.2) is 11.5 Å². The molecule has 0 bridgehead atoms. The van der Waals surface area contributed by atoms with Crippen LogP contribution >= 0.6 is 15.9 Å². The van der Waals surface area contributed by atoms with Crippen molar-refractivity contribution < 1.29 is 4.79 Å². The molecule has 144 valence electrons. The van der Waals surface area contributed by atoms with Gasteiger partial charge < -0.3 is 15.1 Å². The normalized spacial score (nSPS) is 14.4. The van der Waals surface area contributed by atoms with Crippen LogP contribution in [0, 0.1) is 0 Å². The predicted octanol–water partition coefficient (Wildman–Crippen LogP) is 2.45. The van der Waals surface area contributed by atoms with E-state index in [0.717, 1.165) is 10.2 Å². The Morgan fingerprint density at radius 2 is 1.82 bits per heavy atom. The topological polar surface area (TPSA) is 83.4 Å². The van der Waals surface area contributed by atoms with Crippen LogP contribution in [0.4, 0.5) is 16.3 Å². The van der Waals surface area contributed by atoms with E-state index in [9.17, 15) is 9.59 Å². The Labute approximate surface area is 169 Å². The Hall–Kier alpha value is -2.94. The van der Waals surface area contributed by atoms with Gasteiger partial charge in [-0.3, -0.25) is 9.36 Å². The first-order valence-corrected chi connectivity index (χ1v) is 9.70. The summed E-state index contributed by atoms with van der Waals surface area (Å²) >= 11 is 3.38. The number of anilines is 2. The van der Waals surface area contributed by atoms with Crippen LogP contribution in [0.1, 0.15) is 0 Å². The summed E-state index contributed by atoms with van der Waals surface area (Å²) in [6, 6.07) is 10.9. The van der Waals surface area contributed by atoms with E-state index in [0.29, 0.717) is 43.2 Å². The van der Waals surface area contributed by atoms with E-state index < -0.39 is 0 Å². The highest BCUT2D eigenvalue weighted by Gasteiger charge is 2.24. The van der Waals surface area contributed by atoms with Gasteiger partial charge in [-0.05, 0) is 36.4 Å². The maximum atomic E-state index is 12.7. The van der Waals surface area contributed by atoms with Crippen molar-refractivity contribution >= 4 is 44.6 Å². The zero-order chi connectivity index (χ0) is 19.7. The van der Waals surface area contributed by atoms with Gasteiger partial charge in [-0.15, -0.1) is 0 Å².